The number of likely N-dealkylation sites (tertiary alicyclic amines) is 1. The molecule has 1 aromatic heterocycles. The number of sulfonamides is 1. The van der Waals surface area contributed by atoms with Crippen LogP contribution in [0.2, 0.25) is 0 Å². The molecule has 1 saturated heterocycles. The lowest BCUT2D eigenvalue weighted by molar-refractivity contribution is -0.137. The van der Waals surface area contributed by atoms with E-state index in [1.54, 1.807) is 9.58 Å². The number of benzene rings is 2. The van der Waals surface area contributed by atoms with E-state index >= 15 is 0 Å². The Hall–Kier alpha value is -3.11. The van der Waals surface area contributed by atoms with Crippen molar-refractivity contribution in [3.8, 4) is 11.3 Å². The third-order valence-corrected chi connectivity index (χ3v) is 6.36. The molecule has 0 saturated carbocycles. The van der Waals surface area contributed by atoms with Crippen molar-refractivity contribution in [3.05, 3.63) is 66.6 Å². The van der Waals surface area contributed by atoms with Crippen LogP contribution >= 0.6 is 0 Å². The van der Waals surface area contributed by atoms with Crippen molar-refractivity contribution in [2.75, 3.05) is 19.6 Å². The zero-order valence-electron chi connectivity index (χ0n) is 16.0. The van der Waals surface area contributed by atoms with Crippen LogP contribution in [0.3, 0.4) is 0 Å². The second kappa shape index (κ2) is 8.33. The molecule has 30 heavy (non-hydrogen) atoms. The highest BCUT2D eigenvalue weighted by molar-refractivity contribution is 7.89. The summed E-state index contributed by atoms with van der Waals surface area (Å²) in [4.78, 5) is 13.8. The van der Waals surface area contributed by atoms with Crippen LogP contribution in [-0.2, 0) is 14.8 Å². The molecule has 4 rings (SSSR count). The van der Waals surface area contributed by atoms with Crippen LogP contribution in [0.15, 0.2) is 65.7 Å². The summed E-state index contributed by atoms with van der Waals surface area (Å²) in [5.74, 6) is -0.791. The Labute approximate surface area is 173 Å². The van der Waals surface area contributed by atoms with Gasteiger partial charge in [-0.15, -0.1) is 5.10 Å². The minimum absolute atomic E-state index is 0.0217. The van der Waals surface area contributed by atoms with Crippen LogP contribution in [0.1, 0.15) is 12.5 Å². The molecule has 10 heteroatoms. The second-order valence-electron chi connectivity index (χ2n) is 7.01. The molecule has 1 aliphatic heterocycles. The van der Waals surface area contributed by atoms with Gasteiger partial charge in [0.05, 0.1) is 17.1 Å². The molecule has 0 aliphatic carbocycles. The summed E-state index contributed by atoms with van der Waals surface area (Å²) in [6, 6.07) is 14.5. The minimum atomic E-state index is -3.85. The average Bonchev–Trinajstić information content (AvgIpc) is 3.17. The van der Waals surface area contributed by atoms with Gasteiger partial charge in [-0.3, -0.25) is 4.79 Å². The number of hydrogen-bond donors (Lipinski definition) is 1. The molecular weight excluding hydrogens is 409 g/mol. The minimum Gasteiger partial charge on any atom is -0.338 e. The van der Waals surface area contributed by atoms with Gasteiger partial charge in [0.2, 0.25) is 15.9 Å². The molecule has 0 atom stereocenters. The number of nitrogens with one attached hydrogen (secondary N) is 1. The largest absolute Gasteiger partial charge is 0.338 e. The number of amides is 1. The molecule has 0 unspecified atom stereocenters. The first-order chi connectivity index (χ1) is 14.4. The van der Waals surface area contributed by atoms with Crippen molar-refractivity contribution < 1.29 is 17.6 Å². The maximum atomic E-state index is 13.2. The zero-order chi connectivity index (χ0) is 21.1. The van der Waals surface area contributed by atoms with Gasteiger partial charge in [0.25, 0.3) is 0 Å². The van der Waals surface area contributed by atoms with E-state index in [-0.39, 0.29) is 29.8 Å². The van der Waals surface area contributed by atoms with Crippen molar-refractivity contribution >= 4 is 15.9 Å². The monoisotopic (exact) mass is 429 g/mol. The van der Waals surface area contributed by atoms with E-state index in [1.807, 2.05) is 36.5 Å². The molecule has 2 aromatic carbocycles. The van der Waals surface area contributed by atoms with Gasteiger partial charge in [-0.05, 0) is 18.2 Å². The highest BCUT2D eigenvalue weighted by Crippen LogP contribution is 2.23. The van der Waals surface area contributed by atoms with Crippen LogP contribution < -0.4 is 4.72 Å². The predicted molar refractivity (Wildman–Crippen MR) is 107 cm³/mol. The van der Waals surface area contributed by atoms with E-state index in [2.05, 4.69) is 15.0 Å². The van der Waals surface area contributed by atoms with E-state index in [9.17, 15) is 17.6 Å². The van der Waals surface area contributed by atoms with E-state index in [1.165, 1.54) is 18.2 Å². The van der Waals surface area contributed by atoms with E-state index in [4.69, 9.17) is 0 Å². The smallest absolute Gasteiger partial charge is 0.240 e. The first-order valence-electron chi connectivity index (χ1n) is 9.43. The first kappa shape index (κ1) is 20.2. The Morgan fingerprint density at radius 3 is 2.63 bits per heavy atom. The van der Waals surface area contributed by atoms with Gasteiger partial charge in [-0.25, -0.2) is 22.2 Å². The summed E-state index contributed by atoms with van der Waals surface area (Å²) in [5.41, 5.74) is 1.74. The number of halogens is 1. The molecule has 3 aromatic rings. The molecule has 8 nitrogen and oxygen atoms in total. The first-order valence-corrected chi connectivity index (χ1v) is 10.9. The molecule has 0 spiro atoms. The molecule has 0 radical (unpaired) electrons. The van der Waals surface area contributed by atoms with Crippen molar-refractivity contribution in [3.63, 3.8) is 0 Å². The third-order valence-electron chi connectivity index (χ3n) is 4.91. The summed E-state index contributed by atoms with van der Waals surface area (Å²) >= 11 is 0. The summed E-state index contributed by atoms with van der Waals surface area (Å²) in [6.45, 7) is 0.931. The maximum Gasteiger partial charge on any atom is 0.240 e. The van der Waals surface area contributed by atoms with Gasteiger partial charge in [0, 0.05) is 31.6 Å². The predicted octanol–water partition coefficient (Wildman–Crippen LogP) is 1.84. The molecule has 156 valence electrons. The fraction of sp³-hybridized carbons (Fsp3) is 0.250. The Balaban J connectivity index is 1.25. The fourth-order valence-electron chi connectivity index (χ4n) is 3.19. The lowest BCUT2D eigenvalue weighted by Crippen LogP contribution is -2.51. The summed E-state index contributed by atoms with van der Waals surface area (Å²) in [6.07, 6.45) is 1.88. The Bertz CT molecular complexity index is 1140. The molecule has 0 bridgehead atoms. The Kier molecular flexibility index (Phi) is 5.60. The Morgan fingerprint density at radius 2 is 1.90 bits per heavy atom. The number of nitrogens with zero attached hydrogens (tertiary/aromatic N) is 4. The van der Waals surface area contributed by atoms with E-state index in [0.717, 1.165) is 17.3 Å². The highest BCUT2D eigenvalue weighted by Gasteiger charge is 2.32. The fourth-order valence-corrected chi connectivity index (χ4v) is 4.25. The van der Waals surface area contributed by atoms with Gasteiger partial charge < -0.3 is 4.90 Å². The Morgan fingerprint density at radius 1 is 1.13 bits per heavy atom. The van der Waals surface area contributed by atoms with Gasteiger partial charge in [-0.1, -0.05) is 41.6 Å². The van der Waals surface area contributed by atoms with Crippen molar-refractivity contribution in [1.29, 1.82) is 0 Å². The number of carbonyl (C=O) groups is 1. The highest BCUT2D eigenvalue weighted by atomic mass is 32.2. The van der Waals surface area contributed by atoms with Gasteiger partial charge >= 0.3 is 0 Å². The summed E-state index contributed by atoms with van der Waals surface area (Å²) < 4.78 is 41.6. The van der Waals surface area contributed by atoms with Crippen LogP contribution in [-0.4, -0.2) is 53.9 Å². The SMILES string of the molecule is O=C(CCNS(=O)(=O)c1cccc(F)c1)N1CC(n2cc(-c3ccccc3)nn2)C1. The van der Waals surface area contributed by atoms with Crippen LogP contribution in [0.4, 0.5) is 4.39 Å². The lowest BCUT2D eigenvalue weighted by atomic mass is 10.1. The third kappa shape index (κ3) is 4.39. The van der Waals surface area contributed by atoms with Gasteiger partial charge in [0.15, 0.2) is 0 Å². The molecule has 2 heterocycles. The van der Waals surface area contributed by atoms with Crippen molar-refractivity contribution in [2.24, 2.45) is 0 Å². The van der Waals surface area contributed by atoms with E-state index in [0.29, 0.717) is 13.1 Å². The van der Waals surface area contributed by atoms with Gasteiger partial charge in [-0.2, -0.15) is 0 Å². The zero-order valence-corrected chi connectivity index (χ0v) is 16.8. The van der Waals surface area contributed by atoms with E-state index < -0.39 is 15.8 Å². The van der Waals surface area contributed by atoms with Crippen LogP contribution in [0.5, 0.6) is 0 Å². The van der Waals surface area contributed by atoms with Crippen LogP contribution in [0, 0.1) is 5.82 Å². The number of aromatic nitrogens is 3. The molecule has 1 fully saturated rings. The second-order valence-corrected chi connectivity index (χ2v) is 8.77. The number of carbonyl (C=O) groups excluding carboxylic acids is 1. The normalized spacial score (nSPS) is 14.5. The summed E-state index contributed by atoms with van der Waals surface area (Å²) in [5, 5.41) is 8.33. The molecule has 1 N–H and O–H groups in total. The summed E-state index contributed by atoms with van der Waals surface area (Å²) in [7, 11) is -3.85. The van der Waals surface area contributed by atoms with Crippen LogP contribution in [0.25, 0.3) is 11.3 Å². The van der Waals surface area contributed by atoms with Gasteiger partial charge in [0.1, 0.15) is 11.5 Å². The number of hydrogen-bond acceptors (Lipinski definition) is 5. The standard InChI is InChI=1S/C20H20FN5O3S/c21-16-7-4-8-18(11-16)30(28,29)22-10-9-20(27)25-12-17(13-25)26-14-19(23-24-26)15-5-2-1-3-6-15/h1-8,11,14,17,22H,9-10,12-13H2. The maximum absolute atomic E-state index is 13.2. The topological polar surface area (TPSA) is 97.2 Å². The molecule has 1 amide bonds. The number of rotatable bonds is 7. The lowest BCUT2D eigenvalue weighted by Gasteiger charge is -2.38. The van der Waals surface area contributed by atoms with Crippen molar-refractivity contribution in [2.45, 2.75) is 17.4 Å². The quantitative estimate of drug-likeness (QED) is 0.618. The van der Waals surface area contributed by atoms with Crippen molar-refractivity contribution in [1.82, 2.24) is 24.6 Å². The molecular formula is C20H20FN5O3S. The average molecular weight is 429 g/mol. The molecule has 1 aliphatic rings.